The van der Waals surface area contributed by atoms with Crippen LogP contribution in [-0.2, 0) is 14.3 Å². The van der Waals surface area contributed by atoms with Gasteiger partial charge in [0.1, 0.15) is 16.9 Å². The van der Waals surface area contributed by atoms with E-state index in [1.165, 1.54) is 13.0 Å². The normalized spacial score (nSPS) is 17.6. The van der Waals surface area contributed by atoms with Gasteiger partial charge >= 0.3 is 5.97 Å². The van der Waals surface area contributed by atoms with E-state index < -0.39 is 5.97 Å². The molecule has 0 aromatic heterocycles. The number of ether oxygens (including phenoxy) is 3. The molecule has 3 aliphatic rings. The van der Waals surface area contributed by atoms with Crippen LogP contribution in [-0.4, -0.2) is 87.7 Å². The molecule has 1 unspecified atom stereocenters. The number of hydrogen-bond acceptors (Lipinski definition) is 9. The third kappa shape index (κ3) is 12.2. The van der Waals surface area contributed by atoms with E-state index in [0.29, 0.717) is 6.54 Å². The smallest absolute Gasteiger partial charge is 0.303 e. The summed E-state index contributed by atoms with van der Waals surface area (Å²) in [5, 5.41) is 18.8. The third-order valence-corrected chi connectivity index (χ3v) is 8.57. The van der Waals surface area contributed by atoms with Crippen LogP contribution in [0.4, 0.5) is 5.69 Å². The summed E-state index contributed by atoms with van der Waals surface area (Å²) in [7, 11) is 4.31. The van der Waals surface area contributed by atoms with Gasteiger partial charge in [-0.25, -0.2) is 0 Å². The molecule has 0 aliphatic carbocycles. The Morgan fingerprint density at radius 2 is 1.70 bits per heavy atom. The number of rotatable bonds is 7. The van der Waals surface area contributed by atoms with Gasteiger partial charge in [-0.1, -0.05) is 57.7 Å². The lowest BCUT2D eigenvalue weighted by molar-refractivity contribution is -0.139. The minimum absolute atomic E-state index is 0.0515. The fourth-order valence-electron chi connectivity index (χ4n) is 5.00. The molecule has 0 bridgehead atoms. The number of carbonyl (C=O) groups is 2. The van der Waals surface area contributed by atoms with E-state index in [2.05, 4.69) is 17.1 Å². The number of aliphatic hydroxyl groups excluding tert-OH is 1. The summed E-state index contributed by atoms with van der Waals surface area (Å²) in [5.41, 5.74) is 4.03. The Balaban J connectivity index is 0.000000318. The second kappa shape index (κ2) is 19.4. The molecule has 3 N–H and O–H groups in total. The van der Waals surface area contributed by atoms with Gasteiger partial charge in [0.2, 0.25) is 0 Å². The number of hydrogen-bond donors (Lipinski definition) is 3. The van der Waals surface area contributed by atoms with Crippen LogP contribution in [0.2, 0.25) is 0 Å². The monoisotopic (exact) mass is 659 g/mol. The van der Waals surface area contributed by atoms with Crippen LogP contribution in [0.3, 0.4) is 0 Å². The van der Waals surface area contributed by atoms with Gasteiger partial charge in [0.25, 0.3) is 5.91 Å². The summed E-state index contributed by atoms with van der Waals surface area (Å²) < 4.78 is 15.8. The summed E-state index contributed by atoms with van der Waals surface area (Å²) >= 11 is 1.59. The Bertz CT molecular complexity index is 1270. The Hall–Kier alpha value is -3.25. The average molecular weight is 660 g/mol. The summed E-state index contributed by atoms with van der Waals surface area (Å²) in [4.78, 5) is 28.2. The molecule has 46 heavy (non-hydrogen) atoms. The van der Waals surface area contributed by atoms with Gasteiger partial charge in [-0.15, -0.1) is 0 Å². The number of nitrogens with one attached hydrogen (secondary N) is 1. The first-order valence-corrected chi connectivity index (χ1v) is 16.6. The first-order valence-electron chi connectivity index (χ1n) is 15.7. The highest BCUT2D eigenvalue weighted by atomic mass is 32.2. The second-order valence-electron chi connectivity index (χ2n) is 12.2. The predicted octanol–water partition coefficient (Wildman–Crippen LogP) is 5.84. The van der Waals surface area contributed by atoms with E-state index in [4.69, 9.17) is 24.4 Å². The third-order valence-electron chi connectivity index (χ3n) is 7.29. The second-order valence-corrected chi connectivity index (χ2v) is 13.3. The van der Waals surface area contributed by atoms with Crippen molar-refractivity contribution in [2.45, 2.75) is 59.3 Å². The molecule has 3 heterocycles. The van der Waals surface area contributed by atoms with E-state index in [-0.39, 0.29) is 23.1 Å². The highest BCUT2D eigenvalue weighted by Crippen LogP contribution is 2.45. The molecular weight excluding hydrogens is 606 g/mol. The Labute approximate surface area is 279 Å². The molecule has 1 saturated heterocycles. The van der Waals surface area contributed by atoms with Crippen LogP contribution in [0.5, 0.6) is 11.5 Å². The Kier molecular flexibility index (Phi) is 16.4. The molecule has 0 spiro atoms. The zero-order valence-electron chi connectivity index (χ0n) is 28.7. The van der Waals surface area contributed by atoms with Crippen molar-refractivity contribution in [2.75, 3.05) is 65.6 Å². The van der Waals surface area contributed by atoms with E-state index in [0.717, 1.165) is 78.7 Å². The number of aliphatic carboxylic acids is 1. The van der Waals surface area contributed by atoms with Crippen molar-refractivity contribution in [3.05, 3.63) is 64.2 Å². The fourth-order valence-corrected chi connectivity index (χ4v) is 6.25. The van der Waals surface area contributed by atoms with E-state index in [9.17, 15) is 9.59 Å². The van der Waals surface area contributed by atoms with Crippen molar-refractivity contribution in [2.24, 2.45) is 5.41 Å². The molecule has 10 nitrogen and oxygen atoms in total. The van der Waals surface area contributed by atoms with Crippen LogP contribution in [0.25, 0.3) is 0 Å². The highest BCUT2D eigenvalue weighted by Gasteiger charge is 2.36. The van der Waals surface area contributed by atoms with Crippen LogP contribution in [0.15, 0.2) is 53.1 Å². The predicted molar refractivity (Wildman–Crippen MR) is 186 cm³/mol. The number of methoxy groups -OCH3 is 2. The molecule has 1 atom stereocenters. The lowest BCUT2D eigenvalue weighted by Crippen LogP contribution is -2.37. The van der Waals surface area contributed by atoms with Crippen LogP contribution in [0.1, 0.15) is 63.5 Å². The molecule has 256 valence electrons. The molecule has 1 amide bonds. The number of morpholine rings is 1. The van der Waals surface area contributed by atoms with Gasteiger partial charge in [0.15, 0.2) is 0 Å². The number of anilines is 1. The van der Waals surface area contributed by atoms with Crippen molar-refractivity contribution in [1.82, 2.24) is 10.2 Å². The maximum atomic E-state index is 13.1. The van der Waals surface area contributed by atoms with Gasteiger partial charge in [0.05, 0.1) is 38.8 Å². The number of carboxylic acids is 1. The van der Waals surface area contributed by atoms with E-state index in [1.807, 2.05) is 75.1 Å². The lowest BCUT2D eigenvalue weighted by Gasteiger charge is -2.27. The fraction of sp³-hybridized carbons (Fsp3) is 0.543. The Morgan fingerprint density at radius 3 is 2.22 bits per heavy atom. The lowest BCUT2D eigenvalue weighted by atomic mass is 9.93. The first-order chi connectivity index (χ1) is 21.9. The van der Waals surface area contributed by atoms with Gasteiger partial charge < -0.3 is 34.6 Å². The van der Waals surface area contributed by atoms with Crippen LogP contribution < -0.4 is 19.7 Å². The number of aliphatic hydroxyl groups is 1. The topological polar surface area (TPSA) is 121 Å². The number of carboxylic acid groups (broad SMARTS) is 1. The zero-order chi connectivity index (χ0) is 34.3. The van der Waals surface area contributed by atoms with E-state index >= 15 is 0 Å². The SMILES string of the molecule is CC(C)(C)CC(=O)O.CCCN1CCOCC1.CO.COc1ccc(C2NC3=C(S2)C(=O)N(c2ccc(C)c(OC)c2)CC3)cc1. The van der Waals surface area contributed by atoms with Gasteiger partial charge in [-0.3, -0.25) is 14.5 Å². The number of carbonyl (C=O) groups excluding carboxylic acids is 1. The average Bonchev–Trinajstić information content (AvgIpc) is 3.48. The van der Waals surface area contributed by atoms with Crippen LogP contribution >= 0.6 is 11.8 Å². The van der Waals surface area contributed by atoms with Crippen molar-refractivity contribution >= 4 is 29.3 Å². The first kappa shape index (κ1) is 38.9. The quantitative estimate of drug-likeness (QED) is 0.334. The summed E-state index contributed by atoms with van der Waals surface area (Å²) in [6.45, 7) is 16.0. The molecule has 5 rings (SSSR count). The van der Waals surface area contributed by atoms with Crippen LogP contribution in [0, 0.1) is 12.3 Å². The standard InChI is InChI=1S/C21H22N2O3S.C7H15NO.C6H12O2.CH4O/c1-13-4-7-15(12-18(13)26-3)23-11-10-17-19(21(23)24)27-20(22-17)14-5-8-16(25-2)9-6-14;1-2-3-8-4-6-9-7-5-8;1-6(2,3)4-5(7)8;1-2/h4-9,12,20,22H,10-11H2,1-3H3;2-7H2,1H3;4H2,1-3H3,(H,7,8);2H,1H3. The molecular formula is C35H53N3O7S. The largest absolute Gasteiger partial charge is 0.497 e. The number of benzene rings is 2. The Morgan fingerprint density at radius 1 is 1.04 bits per heavy atom. The number of aryl methyl sites for hydroxylation is 1. The maximum Gasteiger partial charge on any atom is 0.303 e. The molecule has 1 fully saturated rings. The summed E-state index contributed by atoms with van der Waals surface area (Å²) in [6.07, 6.45) is 2.32. The zero-order valence-corrected chi connectivity index (χ0v) is 29.5. The summed E-state index contributed by atoms with van der Waals surface area (Å²) in [6, 6.07) is 13.9. The molecule has 2 aromatic rings. The number of amides is 1. The highest BCUT2D eigenvalue weighted by molar-refractivity contribution is 8.04. The molecule has 3 aliphatic heterocycles. The molecule has 2 aromatic carbocycles. The van der Waals surface area contributed by atoms with Crippen molar-refractivity contribution < 1.29 is 34.0 Å². The molecule has 0 radical (unpaired) electrons. The molecule has 0 saturated carbocycles. The minimum atomic E-state index is -0.725. The minimum Gasteiger partial charge on any atom is -0.497 e. The van der Waals surface area contributed by atoms with Crippen molar-refractivity contribution in [1.29, 1.82) is 0 Å². The van der Waals surface area contributed by atoms with Crippen molar-refractivity contribution in [3.63, 3.8) is 0 Å². The van der Waals surface area contributed by atoms with Crippen molar-refractivity contribution in [3.8, 4) is 11.5 Å². The van der Waals surface area contributed by atoms with E-state index in [1.54, 1.807) is 26.0 Å². The van der Waals surface area contributed by atoms with Gasteiger partial charge in [-0.05, 0) is 54.6 Å². The van der Waals surface area contributed by atoms with Gasteiger partial charge in [0, 0.05) is 50.6 Å². The summed E-state index contributed by atoms with van der Waals surface area (Å²) in [5.74, 6) is 0.955. The number of nitrogens with zero attached hydrogens (tertiary/aromatic N) is 2. The number of thioether (sulfide) groups is 1. The molecule has 11 heteroatoms. The maximum absolute atomic E-state index is 13.1. The van der Waals surface area contributed by atoms with Gasteiger partial charge in [-0.2, -0.15) is 0 Å².